The Hall–Kier alpha value is -1.93. The predicted octanol–water partition coefficient (Wildman–Crippen LogP) is 4.60. The smallest absolute Gasteiger partial charge is 0.263 e. The standard InChI is InChI=1S/C20H20ClN3O2S2/c1-13-18(28-20(23-13)16-6-7-17(21)27-16)19(25)22-12-14-2-4-15(5-3-14)24-8-10-26-11-9-24/h2-7H,8-12H2,1H3,(H,22,25). The number of carbonyl (C=O) groups excluding carboxylic acids is 1. The lowest BCUT2D eigenvalue weighted by atomic mass is 10.2. The molecule has 0 radical (unpaired) electrons. The molecule has 1 aliphatic heterocycles. The molecule has 8 heteroatoms. The maximum absolute atomic E-state index is 12.6. The van der Waals surface area contributed by atoms with E-state index in [2.05, 4.69) is 39.5 Å². The van der Waals surface area contributed by atoms with Crippen molar-refractivity contribution in [2.24, 2.45) is 0 Å². The first-order valence-corrected chi connectivity index (χ1v) is 11.0. The highest BCUT2D eigenvalue weighted by atomic mass is 35.5. The fourth-order valence-electron chi connectivity index (χ4n) is 3.05. The number of halogens is 1. The third-order valence-electron chi connectivity index (χ3n) is 4.55. The van der Waals surface area contributed by atoms with Crippen LogP contribution >= 0.6 is 34.3 Å². The Labute approximate surface area is 176 Å². The van der Waals surface area contributed by atoms with Crippen LogP contribution in [0.5, 0.6) is 0 Å². The molecular formula is C20H20ClN3O2S2. The Balaban J connectivity index is 1.38. The molecule has 1 fully saturated rings. The molecule has 0 spiro atoms. The number of amides is 1. The summed E-state index contributed by atoms with van der Waals surface area (Å²) in [6.07, 6.45) is 0. The van der Waals surface area contributed by atoms with E-state index in [1.807, 2.05) is 19.1 Å². The zero-order valence-electron chi connectivity index (χ0n) is 15.4. The van der Waals surface area contributed by atoms with E-state index in [0.717, 1.165) is 51.8 Å². The van der Waals surface area contributed by atoms with Crippen LogP contribution in [0.25, 0.3) is 9.88 Å². The minimum Gasteiger partial charge on any atom is -0.378 e. The third-order valence-corrected chi connectivity index (χ3v) is 7.11. The van der Waals surface area contributed by atoms with Gasteiger partial charge in [0.2, 0.25) is 0 Å². The quantitative estimate of drug-likeness (QED) is 0.638. The zero-order chi connectivity index (χ0) is 19.5. The molecule has 3 heterocycles. The third kappa shape index (κ3) is 4.38. The molecule has 0 atom stereocenters. The number of hydrogen-bond acceptors (Lipinski definition) is 6. The maximum atomic E-state index is 12.6. The molecular weight excluding hydrogens is 414 g/mol. The minimum absolute atomic E-state index is 0.0961. The summed E-state index contributed by atoms with van der Waals surface area (Å²) in [5.41, 5.74) is 3.00. The summed E-state index contributed by atoms with van der Waals surface area (Å²) in [6, 6.07) is 12.1. The summed E-state index contributed by atoms with van der Waals surface area (Å²) in [5, 5.41) is 3.83. The molecule has 1 aliphatic rings. The molecule has 5 nitrogen and oxygen atoms in total. The Morgan fingerprint density at radius 2 is 1.93 bits per heavy atom. The number of nitrogens with zero attached hydrogens (tertiary/aromatic N) is 2. The van der Waals surface area contributed by atoms with Crippen molar-refractivity contribution < 1.29 is 9.53 Å². The van der Waals surface area contributed by atoms with E-state index in [1.165, 1.54) is 28.4 Å². The van der Waals surface area contributed by atoms with Crippen LogP contribution in [0.3, 0.4) is 0 Å². The van der Waals surface area contributed by atoms with Crippen LogP contribution in [0.1, 0.15) is 20.9 Å². The van der Waals surface area contributed by atoms with Crippen molar-refractivity contribution in [1.82, 2.24) is 10.3 Å². The summed E-state index contributed by atoms with van der Waals surface area (Å²) in [5.74, 6) is -0.0961. The summed E-state index contributed by atoms with van der Waals surface area (Å²) in [7, 11) is 0. The van der Waals surface area contributed by atoms with Crippen LogP contribution in [-0.2, 0) is 11.3 Å². The van der Waals surface area contributed by atoms with Crippen LogP contribution < -0.4 is 10.2 Å². The van der Waals surface area contributed by atoms with Gasteiger partial charge in [-0.05, 0) is 36.8 Å². The minimum atomic E-state index is -0.0961. The lowest BCUT2D eigenvalue weighted by Crippen LogP contribution is -2.36. The van der Waals surface area contributed by atoms with Crippen LogP contribution in [0.15, 0.2) is 36.4 Å². The monoisotopic (exact) mass is 433 g/mol. The highest BCUT2D eigenvalue weighted by Gasteiger charge is 2.17. The number of morpholine rings is 1. The number of ether oxygens (including phenoxy) is 1. The molecule has 1 N–H and O–H groups in total. The fourth-order valence-corrected chi connectivity index (χ4v) is 5.13. The number of hydrogen-bond donors (Lipinski definition) is 1. The van der Waals surface area contributed by atoms with Gasteiger partial charge in [-0.3, -0.25) is 4.79 Å². The van der Waals surface area contributed by atoms with Gasteiger partial charge in [0.05, 0.1) is 28.1 Å². The maximum Gasteiger partial charge on any atom is 0.263 e. The second-order valence-corrected chi connectivity index (χ2v) is 9.20. The number of aromatic nitrogens is 1. The molecule has 0 saturated carbocycles. The summed E-state index contributed by atoms with van der Waals surface area (Å²) >= 11 is 8.87. The lowest BCUT2D eigenvalue weighted by molar-refractivity contribution is 0.0954. The van der Waals surface area contributed by atoms with Crippen LogP contribution in [-0.4, -0.2) is 37.2 Å². The van der Waals surface area contributed by atoms with E-state index < -0.39 is 0 Å². The van der Waals surface area contributed by atoms with E-state index in [1.54, 1.807) is 0 Å². The molecule has 28 heavy (non-hydrogen) atoms. The molecule has 0 bridgehead atoms. The van der Waals surface area contributed by atoms with E-state index >= 15 is 0 Å². The van der Waals surface area contributed by atoms with Crippen molar-refractivity contribution in [3.63, 3.8) is 0 Å². The van der Waals surface area contributed by atoms with Crippen molar-refractivity contribution in [2.45, 2.75) is 13.5 Å². The van der Waals surface area contributed by atoms with E-state index in [9.17, 15) is 4.79 Å². The average Bonchev–Trinajstić information content (AvgIpc) is 3.33. The van der Waals surface area contributed by atoms with Gasteiger partial charge in [0.15, 0.2) is 0 Å². The molecule has 4 rings (SSSR count). The SMILES string of the molecule is Cc1nc(-c2ccc(Cl)s2)sc1C(=O)NCc1ccc(N2CCOCC2)cc1. The molecule has 146 valence electrons. The van der Waals surface area contributed by atoms with Gasteiger partial charge in [0.25, 0.3) is 5.91 Å². The second-order valence-electron chi connectivity index (χ2n) is 6.49. The number of nitrogens with one attached hydrogen (secondary N) is 1. The van der Waals surface area contributed by atoms with Crippen molar-refractivity contribution in [3.05, 3.63) is 56.9 Å². The predicted molar refractivity (Wildman–Crippen MR) is 116 cm³/mol. The van der Waals surface area contributed by atoms with E-state index in [-0.39, 0.29) is 5.91 Å². The molecule has 2 aromatic heterocycles. The number of aryl methyl sites for hydroxylation is 1. The molecule has 1 amide bonds. The summed E-state index contributed by atoms with van der Waals surface area (Å²) in [4.78, 5) is 21.1. The number of thiophene rings is 1. The molecule has 0 unspecified atom stereocenters. The van der Waals surface area contributed by atoms with Crippen molar-refractivity contribution >= 4 is 45.9 Å². The average molecular weight is 434 g/mol. The Morgan fingerprint density at radius 3 is 2.61 bits per heavy atom. The first-order chi connectivity index (χ1) is 13.6. The Bertz CT molecular complexity index is 962. The fraction of sp³-hybridized carbons (Fsp3) is 0.300. The van der Waals surface area contributed by atoms with Gasteiger partial charge < -0.3 is 15.0 Å². The molecule has 1 aromatic carbocycles. The lowest BCUT2D eigenvalue weighted by Gasteiger charge is -2.28. The second kappa shape index (κ2) is 8.61. The number of rotatable bonds is 5. The summed E-state index contributed by atoms with van der Waals surface area (Å²) in [6.45, 7) is 5.72. The van der Waals surface area contributed by atoms with Gasteiger partial charge in [-0.2, -0.15) is 0 Å². The van der Waals surface area contributed by atoms with Crippen LogP contribution in [0.2, 0.25) is 4.34 Å². The van der Waals surface area contributed by atoms with Crippen LogP contribution in [0, 0.1) is 6.92 Å². The van der Waals surface area contributed by atoms with Crippen molar-refractivity contribution in [3.8, 4) is 9.88 Å². The van der Waals surface area contributed by atoms with Gasteiger partial charge >= 0.3 is 0 Å². The number of carbonyl (C=O) groups is 1. The highest BCUT2D eigenvalue weighted by Crippen LogP contribution is 2.34. The van der Waals surface area contributed by atoms with Gasteiger partial charge in [0, 0.05) is 25.3 Å². The Kier molecular flexibility index (Phi) is 5.96. The largest absolute Gasteiger partial charge is 0.378 e. The van der Waals surface area contributed by atoms with Gasteiger partial charge in [0.1, 0.15) is 9.88 Å². The van der Waals surface area contributed by atoms with Gasteiger partial charge in [-0.25, -0.2) is 4.98 Å². The number of anilines is 1. The van der Waals surface area contributed by atoms with Crippen molar-refractivity contribution in [1.29, 1.82) is 0 Å². The Morgan fingerprint density at radius 1 is 1.18 bits per heavy atom. The zero-order valence-corrected chi connectivity index (χ0v) is 17.8. The first kappa shape index (κ1) is 19.4. The van der Waals surface area contributed by atoms with E-state index in [0.29, 0.717) is 11.4 Å². The number of thiazole rings is 1. The molecule has 1 saturated heterocycles. The normalized spacial score (nSPS) is 14.3. The molecule has 3 aromatic rings. The molecule has 0 aliphatic carbocycles. The highest BCUT2D eigenvalue weighted by molar-refractivity contribution is 7.24. The number of benzene rings is 1. The topological polar surface area (TPSA) is 54.5 Å². The van der Waals surface area contributed by atoms with Gasteiger partial charge in [-0.1, -0.05) is 23.7 Å². The van der Waals surface area contributed by atoms with E-state index in [4.69, 9.17) is 16.3 Å². The summed E-state index contributed by atoms with van der Waals surface area (Å²) < 4.78 is 6.11. The van der Waals surface area contributed by atoms with Crippen molar-refractivity contribution in [2.75, 3.05) is 31.2 Å². The first-order valence-electron chi connectivity index (χ1n) is 9.03. The van der Waals surface area contributed by atoms with Gasteiger partial charge in [-0.15, -0.1) is 22.7 Å². The van der Waals surface area contributed by atoms with Crippen LogP contribution in [0.4, 0.5) is 5.69 Å².